The van der Waals surface area contributed by atoms with Gasteiger partial charge in [0.15, 0.2) is 5.16 Å². The summed E-state index contributed by atoms with van der Waals surface area (Å²) in [5.41, 5.74) is 2.65. The molecule has 1 atom stereocenters. The lowest BCUT2D eigenvalue weighted by molar-refractivity contribution is -0.929. The summed E-state index contributed by atoms with van der Waals surface area (Å²) in [6, 6.07) is 10.7. The van der Waals surface area contributed by atoms with E-state index in [1.165, 1.54) is 16.0 Å². The van der Waals surface area contributed by atoms with E-state index in [4.69, 9.17) is 4.98 Å². The molecule has 4 nitrogen and oxygen atoms in total. The Labute approximate surface area is 161 Å². The van der Waals surface area contributed by atoms with Crippen LogP contribution in [0.1, 0.15) is 35.8 Å². The van der Waals surface area contributed by atoms with Crippen LogP contribution in [0.15, 0.2) is 40.3 Å². The Kier molecular flexibility index (Phi) is 5.43. The van der Waals surface area contributed by atoms with Gasteiger partial charge >= 0.3 is 0 Å². The quantitative estimate of drug-likeness (QED) is 0.389. The number of thioether (sulfide) groups is 1. The largest absolute Gasteiger partial charge is 0.326 e. The van der Waals surface area contributed by atoms with Crippen molar-refractivity contribution in [1.82, 2.24) is 9.97 Å². The van der Waals surface area contributed by atoms with Gasteiger partial charge in [-0.25, -0.2) is 4.98 Å². The molecular weight excluding hydrogens is 362 g/mol. The Morgan fingerprint density at radius 1 is 1.31 bits per heavy atom. The van der Waals surface area contributed by atoms with E-state index in [0.717, 1.165) is 60.0 Å². The predicted molar refractivity (Wildman–Crippen MR) is 109 cm³/mol. The molecule has 3 heterocycles. The first kappa shape index (κ1) is 17.8. The maximum absolute atomic E-state index is 12.6. The number of nitrogens with zero attached hydrogens (tertiary/aromatic N) is 1. The van der Waals surface area contributed by atoms with Gasteiger partial charge in [-0.1, -0.05) is 55.4 Å². The van der Waals surface area contributed by atoms with Crippen molar-refractivity contribution >= 4 is 33.3 Å². The second-order valence-electron chi connectivity index (χ2n) is 6.85. The highest BCUT2D eigenvalue weighted by molar-refractivity contribution is 7.99. The van der Waals surface area contributed by atoms with Gasteiger partial charge in [0.1, 0.15) is 17.9 Å². The summed E-state index contributed by atoms with van der Waals surface area (Å²) >= 11 is 3.37. The van der Waals surface area contributed by atoms with Gasteiger partial charge in [0.25, 0.3) is 5.56 Å². The molecule has 1 aliphatic rings. The number of fused-ring (bicyclic) bond motifs is 3. The molecule has 0 saturated carbocycles. The predicted octanol–water partition coefficient (Wildman–Crippen LogP) is 3.02. The maximum Gasteiger partial charge on any atom is 0.260 e. The third-order valence-electron chi connectivity index (χ3n) is 4.90. The van der Waals surface area contributed by atoms with Crippen LogP contribution in [0.5, 0.6) is 0 Å². The molecule has 0 fully saturated rings. The fraction of sp³-hybridized carbons (Fsp3) is 0.400. The SMILES string of the molecule is CCCCSc1nc2sc3c(c2c(=O)[nH]1)CC[NH+](Cc1ccccc1)C3. The van der Waals surface area contributed by atoms with E-state index < -0.39 is 0 Å². The summed E-state index contributed by atoms with van der Waals surface area (Å²) in [5.74, 6) is 1.00. The molecule has 26 heavy (non-hydrogen) atoms. The highest BCUT2D eigenvalue weighted by atomic mass is 32.2. The summed E-state index contributed by atoms with van der Waals surface area (Å²) in [4.78, 5) is 24.2. The minimum absolute atomic E-state index is 0.0398. The maximum atomic E-state index is 12.6. The minimum Gasteiger partial charge on any atom is -0.326 e. The van der Waals surface area contributed by atoms with Crippen LogP contribution < -0.4 is 10.5 Å². The number of aromatic nitrogens is 2. The van der Waals surface area contributed by atoms with Gasteiger partial charge in [-0.3, -0.25) is 4.79 Å². The van der Waals surface area contributed by atoms with Crippen molar-refractivity contribution in [2.45, 2.75) is 44.4 Å². The number of H-pyrrole nitrogens is 1. The van der Waals surface area contributed by atoms with E-state index in [0.29, 0.717) is 0 Å². The van der Waals surface area contributed by atoms with E-state index in [-0.39, 0.29) is 5.56 Å². The van der Waals surface area contributed by atoms with Crippen molar-refractivity contribution in [2.75, 3.05) is 12.3 Å². The van der Waals surface area contributed by atoms with Crippen LogP contribution in [-0.4, -0.2) is 22.3 Å². The van der Waals surface area contributed by atoms with E-state index in [1.54, 1.807) is 28.0 Å². The zero-order chi connectivity index (χ0) is 17.9. The lowest BCUT2D eigenvalue weighted by Gasteiger charge is -2.23. The monoisotopic (exact) mass is 386 g/mol. The van der Waals surface area contributed by atoms with Crippen LogP contribution in [0.25, 0.3) is 10.2 Å². The standard InChI is InChI=1S/C20H23N3OS2/c1-2-3-11-25-20-21-18(24)17-15-9-10-23(12-14-7-5-4-6-8-14)13-16(15)26-19(17)22-20/h4-8H,2-3,9-13H2,1H3,(H,21,22,24)/p+1. The average Bonchev–Trinajstić information content (AvgIpc) is 3.01. The molecule has 2 N–H and O–H groups in total. The summed E-state index contributed by atoms with van der Waals surface area (Å²) in [6.45, 7) is 5.27. The first-order valence-corrected chi connectivity index (χ1v) is 11.1. The lowest BCUT2D eigenvalue weighted by Crippen LogP contribution is -3.10. The van der Waals surface area contributed by atoms with Crippen LogP contribution in [-0.2, 0) is 19.5 Å². The van der Waals surface area contributed by atoms with E-state index in [9.17, 15) is 4.79 Å². The summed E-state index contributed by atoms with van der Waals surface area (Å²) in [6.07, 6.45) is 3.27. The van der Waals surface area contributed by atoms with Crippen LogP contribution in [0, 0.1) is 0 Å². The normalized spacial score (nSPS) is 16.7. The lowest BCUT2D eigenvalue weighted by atomic mass is 10.0. The number of hydrogen-bond donors (Lipinski definition) is 2. The minimum atomic E-state index is 0.0398. The summed E-state index contributed by atoms with van der Waals surface area (Å²) in [7, 11) is 0. The van der Waals surface area contributed by atoms with Gasteiger partial charge in [-0.15, -0.1) is 11.3 Å². The Morgan fingerprint density at radius 3 is 2.96 bits per heavy atom. The van der Waals surface area contributed by atoms with Gasteiger partial charge in [-0.2, -0.15) is 0 Å². The van der Waals surface area contributed by atoms with Gasteiger partial charge in [-0.05, 0) is 12.0 Å². The average molecular weight is 387 g/mol. The zero-order valence-electron chi connectivity index (χ0n) is 15.0. The third-order valence-corrected chi connectivity index (χ3v) is 6.98. The molecule has 0 aliphatic carbocycles. The highest BCUT2D eigenvalue weighted by Gasteiger charge is 2.26. The number of hydrogen-bond acceptors (Lipinski definition) is 4. The third kappa shape index (κ3) is 3.72. The Bertz CT molecular complexity index is 949. The molecule has 1 unspecified atom stereocenters. The molecule has 1 aliphatic heterocycles. The van der Waals surface area contributed by atoms with Crippen LogP contribution in [0.2, 0.25) is 0 Å². The van der Waals surface area contributed by atoms with Gasteiger partial charge in [0.2, 0.25) is 0 Å². The molecule has 0 radical (unpaired) electrons. The number of aromatic amines is 1. The van der Waals surface area contributed by atoms with Gasteiger partial charge in [0, 0.05) is 17.7 Å². The van der Waals surface area contributed by atoms with E-state index in [1.807, 2.05) is 0 Å². The molecule has 4 rings (SSSR count). The second-order valence-corrected chi connectivity index (χ2v) is 9.01. The van der Waals surface area contributed by atoms with Crippen LogP contribution >= 0.6 is 23.1 Å². The number of nitrogens with one attached hydrogen (secondary N) is 2. The molecule has 0 spiro atoms. The zero-order valence-corrected chi connectivity index (χ0v) is 16.6. The first-order chi connectivity index (χ1) is 12.7. The number of quaternary nitrogens is 1. The molecule has 0 amide bonds. The molecular formula is C20H24N3OS2+. The topological polar surface area (TPSA) is 50.2 Å². The summed E-state index contributed by atoms with van der Waals surface area (Å²) < 4.78 is 0. The Balaban J connectivity index is 1.57. The van der Waals surface area contributed by atoms with Crippen molar-refractivity contribution in [2.24, 2.45) is 0 Å². The van der Waals surface area contributed by atoms with E-state index in [2.05, 4.69) is 42.2 Å². The van der Waals surface area contributed by atoms with Crippen molar-refractivity contribution in [3.05, 3.63) is 56.7 Å². The van der Waals surface area contributed by atoms with Crippen molar-refractivity contribution in [3.8, 4) is 0 Å². The smallest absolute Gasteiger partial charge is 0.260 e. The second kappa shape index (κ2) is 7.94. The fourth-order valence-corrected chi connectivity index (χ4v) is 5.83. The van der Waals surface area contributed by atoms with Crippen LogP contribution in [0.3, 0.4) is 0 Å². The van der Waals surface area contributed by atoms with Crippen LogP contribution in [0.4, 0.5) is 0 Å². The van der Waals surface area contributed by atoms with Gasteiger partial charge < -0.3 is 9.88 Å². The molecule has 0 bridgehead atoms. The van der Waals surface area contributed by atoms with Gasteiger partial charge in [0.05, 0.1) is 16.8 Å². The molecule has 6 heteroatoms. The molecule has 1 aromatic carbocycles. The molecule has 3 aromatic rings. The van der Waals surface area contributed by atoms with E-state index >= 15 is 0 Å². The first-order valence-electron chi connectivity index (χ1n) is 9.29. The van der Waals surface area contributed by atoms with Crippen molar-refractivity contribution < 1.29 is 4.90 Å². The number of thiophene rings is 1. The molecule has 0 saturated heterocycles. The molecule has 136 valence electrons. The number of benzene rings is 1. The molecule has 2 aromatic heterocycles. The Morgan fingerprint density at radius 2 is 2.15 bits per heavy atom. The Hall–Kier alpha value is -1.63. The fourth-order valence-electron chi connectivity index (χ4n) is 3.53. The number of unbranched alkanes of at least 4 members (excludes halogenated alkanes) is 1. The van der Waals surface area contributed by atoms with Crippen molar-refractivity contribution in [1.29, 1.82) is 0 Å². The van der Waals surface area contributed by atoms with Crippen molar-refractivity contribution in [3.63, 3.8) is 0 Å². The summed E-state index contributed by atoms with van der Waals surface area (Å²) in [5, 5.41) is 1.60. The highest BCUT2D eigenvalue weighted by Crippen LogP contribution is 2.30. The number of rotatable bonds is 6.